The fourth-order valence-corrected chi connectivity index (χ4v) is 4.95. The van der Waals surface area contributed by atoms with Gasteiger partial charge in [0.15, 0.2) is 0 Å². The Hall–Kier alpha value is -2.21. The number of ether oxygens (including phenoxy) is 2. The monoisotopic (exact) mass is 520 g/mol. The summed E-state index contributed by atoms with van der Waals surface area (Å²) in [5.74, 6) is -1.07. The van der Waals surface area contributed by atoms with Crippen molar-refractivity contribution in [3.05, 3.63) is 58.4 Å². The Kier molecular flexibility index (Phi) is 8.94. The van der Waals surface area contributed by atoms with Crippen molar-refractivity contribution in [2.75, 3.05) is 6.61 Å². The van der Waals surface area contributed by atoms with E-state index < -0.39 is 28.3 Å². The number of unbranched alkanes of at least 4 members (excludes halogenated alkanes) is 2. The van der Waals surface area contributed by atoms with Gasteiger partial charge in [-0.3, -0.25) is 0 Å². The standard InChI is InChI=1S/C31H43F3O3/c1-8-9-10-11-22-14-12-21(19-36-22)20-13-15-24(27(32)16-20)31(33,34)37-23-17-25(29(2,3)4)28(35)26(18-23)30(5,6)7/h13,15-18,21-22,35H,8-12,14,19H2,1-7H3. The van der Waals surface area contributed by atoms with Crippen LogP contribution in [0.4, 0.5) is 13.2 Å². The zero-order valence-corrected chi connectivity index (χ0v) is 23.4. The summed E-state index contributed by atoms with van der Waals surface area (Å²) in [6.45, 7) is 14.0. The number of hydrogen-bond acceptors (Lipinski definition) is 3. The van der Waals surface area contributed by atoms with Gasteiger partial charge in [0, 0.05) is 17.0 Å². The lowest BCUT2D eigenvalue weighted by Gasteiger charge is -2.30. The zero-order chi connectivity index (χ0) is 27.6. The molecule has 0 spiro atoms. The van der Waals surface area contributed by atoms with Crippen molar-refractivity contribution < 1.29 is 27.8 Å². The van der Waals surface area contributed by atoms with E-state index in [1.54, 1.807) is 6.07 Å². The molecular formula is C31H43F3O3. The smallest absolute Gasteiger partial charge is 0.429 e. The van der Waals surface area contributed by atoms with E-state index in [4.69, 9.17) is 9.47 Å². The first-order valence-corrected chi connectivity index (χ1v) is 13.5. The van der Waals surface area contributed by atoms with Crippen molar-refractivity contribution in [1.82, 2.24) is 0 Å². The average molecular weight is 521 g/mol. The van der Waals surface area contributed by atoms with Gasteiger partial charge in [-0.25, -0.2) is 4.39 Å². The summed E-state index contributed by atoms with van der Waals surface area (Å²) in [5, 5.41) is 10.9. The summed E-state index contributed by atoms with van der Waals surface area (Å²) in [6, 6.07) is 6.70. The van der Waals surface area contributed by atoms with Crippen LogP contribution < -0.4 is 4.74 Å². The van der Waals surface area contributed by atoms with Gasteiger partial charge in [0.05, 0.1) is 18.3 Å². The summed E-state index contributed by atoms with van der Waals surface area (Å²) in [5.41, 5.74) is -0.184. The fraction of sp³-hybridized carbons (Fsp3) is 0.613. The van der Waals surface area contributed by atoms with Gasteiger partial charge in [-0.1, -0.05) is 73.8 Å². The second-order valence-electron chi connectivity index (χ2n) is 12.5. The number of aromatic hydroxyl groups is 1. The van der Waals surface area contributed by atoms with Crippen LogP contribution in [-0.2, 0) is 21.7 Å². The molecular weight excluding hydrogens is 477 g/mol. The molecule has 0 amide bonds. The molecule has 1 aliphatic rings. The van der Waals surface area contributed by atoms with Crippen molar-refractivity contribution in [1.29, 1.82) is 0 Å². The fourth-order valence-electron chi connectivity index (χ4n) is 4.95. The van der Waals surface area contributed by atoms with Crippen LogP contribution in [0.3, 0.4) is 0 Å². The Morgan fingerprint density at radius 1 is 0.919 bits per heavy atom. The van der Waals surface area contributed by atoms with E-state index in [1.807, 2.05) is 41.5 Å². The SMILES string of the molecule is CCCCCC1CCC(c2ccc(C(F)(F)Oc3cc(C(C)(C)C)c(O)c(C(C)(C)C)c3)c(F)c2)CO1. The highest BCUT2D eigenvalue weighted by atomic mass is 19.3. The van der Waals surface area contributed by atoms with E-state index in [1.165, 1.54) is 24.6 Å². The molecule has 2 atom stereocenters. The van der Waals surface area contributed by atoms with E-state index in [0.717, 1.165) is 38.2 Å². The molecule has 6 heteroatoms. The van der Waals surface area contributed by atoms with E-state index in [9.17, 15) is 5.11 Å². The normalized spacial score (nSPS) is 19.2. The van der Waals surface area contributed by atoms with Crippen molar-refractivity contribution in [3.63, 3.8) is 0 Å². The second kappa shape index (κ2) is 11.3. The topological polar surface area (TPSA) is 38.7 Å². The molecule has 2 aromatic carbocycles. The predicted molar refractivity (Wildman–Crippen MR) is 142 cm³/mol. The van der Waals surface area contributed by atoms with Crippen molar-refractivity contribution in [2.45, 2.75) is 116 Å². The summed E-state index contributed by atoms with van der Waals surface area (Å²) < 4.78 is 56.7. The van der Waals surface area contributed by atoms with Crippen molar-refractivity contribution in [2.24, 2.45) is 0 Å². The first-order valence-electron chi connectivity index (χ1n) is 13.5. The highest BCUT2D eigenvalue weighted by molar-refractivity contribution is 5.52. The number of phenols is 1. The molecule has 206 valence electrons. The van der Waals surface area contributed by atoms with Gasteiger partial charge >= 0.3 is 6.11 Å². The quantitative estimate of drug-likeness (QED) is 0.353. The number of benzene rings is 2. The molecule has 0 bridgehead atoms. The molecule has 1 fully saturated rings. The Balaban J connectivity index is 1.80. The third-order valence-corrected chi connectivity index (χ3v) is 7.22. The number of alkyl halides is 2. The van der Waals surface area contributed by atoms with Gasteiger partial charge in [-0.05, 0) is 59.9 Å². The predicted octanol–water partition coefficient (Wildman–Crippen LogP) is 9.10. The second-order valence-corrected chi connectivity index (χ2v) is 12.5. The summed E-state index contributed by atoms with van der Waals surface area (Å²) in [4.78, 5) is 0. The highest BCUT2D eigenvalue weighted by Crippen LogP contribution is 2.44. The van der Waals surface area contributed by atoms with Crippen LogP contribution in [0.15, 0.2) is 30.3 Å². The summed E-state index contributed by atoms with van der Waals surface area (Å²) in [7, 11) is 0. The summed E-state index contributed by atoms with van der Waals surface area (Å²) >= 11 is 0. The molecule has 0 radical (unpaired) electrons. The number of hydrogen-bond donors (Lipinski definition) is 1. The van der Waals surface area contributed by atoms with Gasteiger partial charge in [-0.2, -0.15) is 8.78 Å². The first kappa shape index (κ1) is 29.3. The molecule has 3 rings (SSSR count). The minimum atomic E-state index is -3.89. The molecule has 1 saturated heterocycles. The lowest BCUT2D eigenvalue weighted by molar-refractivity contribution is -0.187. The van der Waals surface area contributed by atoms with E-state index in [0.29, 0.717) is 23.3 Å². The van der Waals surface area contributed by atoms with Crippen LogP contribution >= 0.6 is 0 Å². The van der Waals surface area contributed by atoms with Crippen molar-refractivity contribution >= 4 is 0 Å². The number of phenolic OH excluding ortho intramolecular Hbond substituents is 1. The molecule has 2 aromatic rings. The zero-order valence-electron chi connectivity index (χ0n) is 23.4. The van der Waals surface area contributed by atoms with Crippen LogP contribution in [0.5, 0.6) is 11.5 Å². The third-order valence-electron chi connectivity index (χ3n) is 7.22. The van der Waals surface area contributed by atoms with Crippen LogP contribution in [-0.4, -0.2) is 17.8 Å². The van der Waals surface area contributed by atoms with Crippen LogP contribution in [0.25, 0.3) is 0 Å². The Morgan fingerprint density at radius 2 is 1.54 bits per heavy atom. The summed E-state index contributed by atoms with van der Waals surface area (Å²) in [6.07, 6.45) is 2.60. The maximum atomic E-state index is 15.3. The molecule has 1 heterocycles. The molecule has 2 unspecified atom stereocenters. The minimum Gasteiger partial charge on any atom is -0.507 e. The van der Waals surface area contributed by atoms with Crippen LogP contribution in [0.1, 0.15) is 115 Å². The maximum Gasteiger partial charge on any atom is 0.429 e. The molecule has 1 aliphatic heterocycles. The largest absolute Gasteiger partial charge is 0.507 e. The Labute approximate surface area is 220 Å². The lowest BCUT2D eigenvalue weighted by atomic mass is 9.79. The molecule has 0 aliphatic carbocycles. The van der Waals surface area contributed by atoms with E-state index in [-0.39, 0.29) is 23.5 Å². The van der Waals surface area contributed by atoms with Gasteiger partial charge in [0.2, 0.25) is 0 Å². The van der Waals surface area contributed by atoms with Gasteiger partial charge in [0.1, 0.15) is 17.3 Å². The third kappa shape index (κ3) is 7.22. The number of rotatable bonds is 8. The molecule has 0 saturated carbocycles. The van der Waals surface area contributed by atoms with E-state index in [2.05, 4.69) is 6.92 Å². The molecule has 37 heavy (non-hydrogen) atoms. The number of halogens is 3. The minimum absolute atomic E-state index is 0.0127. The first-order chi connectivity index (χ1) is 17.1. The van der Waals surface area contributed by atoms with Crippen LogP contribution in [0.2, 0.25) is 0 Å². The molecule has 1 N–H and O–H groups in total. The molecule has 3 nitrogen and oxygen atoms in total. The Morgan fingerprint density at radius 3 is 2.03 bits per heavy atom. The van der Waals surface area contributed by atoms with Crippen LogP contribution in [0, 0.1) is 5.82 Å². The maximum absolute atomic E-state index is 15.3. The lowest BCUT2D eigenvalue weighted by Crippen LogP contribution is -2.26. The van der Waals surface area contributed by atoms with Crippen molar-refractivity contribution in [3.8, 4) is 11.5 Å². The van der Waals surface area contributed by atoms with Gasteiger partial charge < -0.3 is 14.6 Å². The highest BCUT2D eigenvalue weighted by Gasteiger charge is 2.39. The Bertz CT molecular complexity index is 1020. The van der Waals surface area contributed by atoms with Gasteiger partial charge in [-0.15, -0.1) is 0 Å². The van der Waals surface area contributed by atoms with E-state index >= 15 is 13.2 Å². The average Bonchev–Trinajstić information content (AvgIpc) is 2.79. The van der Waals surface area contributed by atoms with Gasteiger partial charge in [0.25, 0.3) is 0 Å². The molecule has 0 aromatic heterocycles.